The van der Waals surface area contributed by atoms with Crippen molar-refractivity contribution in [3.8, 4) is 0 Å². The Labute approximate surface area is 210 Å². The van der Waals surface area contributed by atoms with Crippen LogP contribution in [0.2, 0.25) is 0 Å². The molecule has 3 N–H and O–H groups in total. The van der Waals surface area contributed by atoms with Gasteiger partial charge < -0.3 is 20.9 Å². The summed E-state index contributed by atoms with van der Waals surface area (Å²) in [6, 6.07) is 0.134. The molecular formula is C22H30F5N9O. The van der Waals surface area contributed by atoms with Gasteiger partial charge in [0.25, 0.3) is 0 Å². The molecule has 0 bridgehead atoms. The molecule has 10 nitrogen and oxygen atoms in total. The predicted octanol–water partition coefficient (Wildman–Crippen LogP) is 3.02. The van der Waals surface area contributed by atoms with Crippen molar-refractivity contribution in [3.63, 3.8) is 0 Å². The normalized spacial score (nSPS) is 22.9. The van der Waals surface area contributed by atoms with Crippen molar-refractivity contribution in [1.82, 2.24) is 35.2 Å². The standard InChI is InChI=1S/C22H30F5N9O/c1-12-18(34-36(33-12)13-4-8-35(2)9-5-13)31-21-30-11-15(22(25,26)27)19(32-21)28-6-3-7-29-20(37)14-10-16(23)17(14)24/h11,13-14,16-17H,3-10H2,1-2H3,(H,29,37)(H2,28,30,31,32,34). The fourth-order valence-electron chi connectivity index (χ4n) is 4.24. The van der Waals surface area contributed by atoms with E-state index in [2.05, 4.69) is 41.0 Å². The third kappa shape index (κ3) is 6.43. The minimum Gasteiger partial charge on any atom is -0.369 e. The van der Waals surface area contributed by atoms with Crippen molar-refractivity contribution in [1.29, 1.82) is 0 Å². The second kappa shape index (κ2) is 11.1. The van der Waals surface area contributed by atoms with Crippen LogP contribution in [-0.2, 0) is 11.0 Å². The van der Waals surface area contributed by atoms with Gasteiger partial charge in [-0.15, -0.1) is 5.10 Å². The molecule has 2 aromatic rings. The van der Waals surface area contributed by atoms with Gasteiger partial charge in [0.2, 0.25) is 11.9 Å². The van der Waals surface area contributed by atoms with Gasteiger partial charge in [0.15, 0.2) is 5.82 Å². The molecule has 3 unspecified atom stereocenters. The average Bonchev–Trinajstić information content (AvgIpc) is 3.21. The van der Waals surface area contributed by atoms with Gasteiger partial charge in [0.05, 0.1) is 12.0 Å². The Hall–Kier alpha value is -3.10. The molecule has 1 aliphatic heterocycles. The van der Waals surface area contributed by atoms with Crippen molar-refractivity contribution in [3.05, 3.63) is 17.5 Å². The summed E-state index contributed by atoms with van der Waals surface area (Å²) < 4.78 is 66.7. The third-order valence-electron chi connectivity index (χ3n) is 6.63. The molecule has 0 radical (unpaired) electrons. The first kappa shape index (κ1) is 26.9. The minimum absolute atomic E-state index is 0.0423. The van der Waals surface area contributed by atoms with E-state index in [0.717, 1.165) is 25.9 Å². The SMILES string of the molecule is Cc1nn(C2CCN(C)CC2)nc1Nc1ncc(C(F)(F)F)c(NCCCNC(=O)C2CC(F)C2F)n1. The summed E-state index contributed by atoms with van der Waals surface area (Å²) in [7, 11) is 2.05. The first-order valence-corrected chi connectivity index (χ1v) is 12.2. The number of nitrogens with one attached hydrogen (secondary N) is 3. The maximum absolute atomic E-state index is 13.5. The van der Waals surface area contributed by atoms with Crippen LogP contribution in [0, 0.1) is 12.8 Å². The fraction of sp³-hybridized carbons (Fsp3) is 0.682. The lowest BCUT2D eigenvalue weighted by atomic mass is 9.80. The van der Waals surface area contributed by atoms with Crippen LogP contribution in [-0.4, -0.2) is 81.3 Å². The number of amides is 1. The van der Waals surface area contributed by atoms with Crippen molar-refractivity contribution in [2.24, 2.45) is 5.92 Å². The van der Waals surface area contributed by atoms with Crippen LogP contribution in [0.3, 0.4) is 0 Å². The van der Waals surface area contributed by atoms with Gasteiger partial charge in [-0.3, -0.25) is 4.79 Å². The maximum Gasteiger partial charge on any atom is 0.421 e. The zero-order valence-electron chi connectivity index (χ0n) is 20.5. The second-order valence-corrected chi connectivity index (χ2v) is 9.44. The smallest absolute Gasteiger partial charge is 0.369 e. The Balaban J connectivity index is 1.36. The van der Waals surface area contributed by atoms with Crippen molar-refractivity contribution >= 4 is 23.5 Å². The highest BCUT2D eigenvalue weighted by molar-refractivity contribution is 5.80. The molecule has 3 atom stereocenters. The van der Waals surface area contributed by atoms with Gasteiger partial charge in [-0.2, -0.15) is 28.1 Å². The summed E-state index contributed by atoms with van der Waals surface area (Å²) in [4.78, 5) is 23.5. The molecule has 15 heteroatoms. The Morgan fingerprint density at radius 2 is 1.86 bits per heavy atom. The summed E-state index contributed by atoms with van der Waals surface area (Å²) in [5.41, 5.74) is -0.480. The summed E-state index contributed by atoms with van der Waals surface area (Å²) in [5.74, 6) is -1.78. The topological polar surface area (TPSA) is 113 Å². The molecule has 0 spiro atoms. The molecule has 1 amide bonds. The fourth-order valence-corrected chi connectivity index (χ4v) is 4.24. The number of piperidine rings is 1. The van der Waals surface area contributed by atoms with E-state index in [9.17, 15) is 26.7 Å². The van der Waals surface area contributed by atoms with Crippen molar-refractivity contribution in [2.75, 3.05) is 43.9 Å². The Morgan fingerprint density at radius 3 is 2.51 bits per heavy atom. The van der Waals surface area contributed by atoms with Gasteiger partial charge in [-0.25, -0.2) is 13.8 Å². The summed E-state index contributed by atoms with van der Waals surface area (Å²) in [6.45, 7) is 3.71. The van der Waals surface area contributed by atoms with E-state index in [4.69, 9.17) is 0 Å². The highest BCUT2D eigenvalue weighted by Gasteiger charge is 2.46. The van der Waals surface area contributed by atoms with Gasteiger partial charge in [-0.05, 0) is 52.7 Å². The minimum atomic E-state index is -4.69. The number of hydrogen-bond donors (Lipinski definition) is 3. The molecule has 0 aromatic carbocycles. The van der Waals surface area contributed by atoms with E-state index >= 15 is 0 Å². The van der Waals surface area contributed by atoms with Crippen LogP contribution in [0.5, 0.6) is 0 Å². The van der Waals surface area contributed by atoms with Crippen LogP contribution in [0.1, 0.15) is 43.0 Å². The molecule has 3 heterocycles. The molecule has 2 fully saturated rings. The number of aromatic nitrogens is 5. The molecule has 1 aliphatic carbocycles. The number of halogens is 5. The quantitative estimate of drug-likeness (QED) is 0.335. The largest absolute Gasteiger partial charge is 0.421 e. The van der Waals surface area contributed by atoms with E-state index in [0.29, 0.717) is 17.7 Å². The highest BCUT2D eigenvalue weighted by atomic mass is 19.4. The van der Waals surface area contributed by atoms with Crippen LogP contribution in [0.15, 0.2) is 6.20 Å². The van der Waals surface area contributed by atoms with Crippen LogP contribution in [0.4, 0.5) is 39.5 Å². The third-order valence-corrected chi connectivity index (χ3v) is 6.63. The molecule has 204 valence electrons. The lowest BCUT2D eigenvalue weighted by Crippen LogP contribution is -2.49. The van der Waals surface area contributed by atoms with Gasteiger partial charge in [-0.1, -0.05) is 0 Å². The molecule has 4 rings (SSSR count). The zero-order chi connectivity index (χ0) is 26.7. The number of hydrogen-bond acceptors (Lipinski definition) is 8. The monoisotopic (exact) mass is 531 g/mol. The van der Waals surface area contributed by atoms with Crippen molar-refractivity contribution < 1.29 is 26.7 Å². The van der Waals surface area contributed by atoms with Crippen LogP contribution < -0.4 is 16.0 Å². The lowest BCUT2D eigenvalue weighted by molar-refractivity contribution is -0.137. The number of anilines is 3. The maximum atomic E-state index is 13.5. The Bertz CT molecular complexity index is 1090. The summed E-state index contributed by atoms with van der Waals surface area (Å²) in [6.07, 6.45) is -5.59. The molecule has 1 saturated carbocycles. The highest BCUT2D eigenvalue weighted by Crippen LogP contribution is 2.35. The van der Waals surface area contributed by atoms with Gasteiger partial charge in [0.1, 0.15) is 29.4 Å². The number of alkyl halides is 5. The first-order valence-electron chi connectivity index (χ1n) is 12.2. The Kier molecular flexibility index (Phi) is 8.09. The zero-order valence-corrected chi connectivity index (χ0v) is 20.5. The van der Waals surface area contributed by atoms with Gasteiger partial charge >= 0.3 is 6.18 Å². The molecule has 2 aliphatic rings. The summed E-state index contributed by atoms with van der Waals surface area (Å²) in [5, 5.41) is 16.9. The second-order valence-electron chi connectivity index (χ2n) is 9.44. The Morgan fingerprint density at radius 1 is 1.14 bits per heavy atom. The van der Waals surface area contributed by atoms with E-state index in [-0.39, 0.29) is 37.9 Å². The molecule has 2 aromatic heterocycles. The number of likely N-dealkylation sites (tertiary alicyclic amines) is 1. The molecular weight excluding hydrogens is 501 g/mol. The number of carbonyl (C=O) groups excluding carboxylic acids is 1. The van der Waals surface area contributed by atoms with Crippen LogP contribution in [0.25, 0.3) is 0 Å². The summed E-state index contributed by atoms with van der Waals surface area (Å²) >= 11 is 0. The molecule has 1 saturated heterocycles. The van der Waals surface area contributed by atoms with E-state index in [1.165, 1.54) is 0 Å². The number of nitrogens with zero attached hydrogens (tertiary/aromatic N) is 6. The van der Waals surface area contributed by atoms with E-state index in [1.807, 2.05) is 7.05 Å². The van der Waals surface area contributed by atoms with E-state index in [1.54, 1.807) is 11.7 Å². The molecule has 37 heavy (non-hydrogen) atoms. The average molecular weight is 532 g/mol. The first-order chi connectivity index (χ1) is 17.5. The lowest BCUT2D eigenvalue weighted by Gasteiger charge is -2.32. The number of carbonyl (C=O) groups is 1. The van der Waals surface area contributed by atoms with E-state index < -0.39 is 41.7 Å². The van der Waals surface area contributed by atoms with Gasteiger partial charge in [0, 0.05) is 19.3 Å². The number of rotatable bonds is 9. The number of aryl methyl sites for hydroxylation is 1. The van der Waals surface area contributed by atoms with Crippen LogP contribution >= 0.6 is 0 Å². The van der Waals surface area contributed by atoms with Crippen molar-refractivity contribution in [2.45, 2.75) is 57.2 Å². The predicted molar refractivity (Wildman–Crippen MR) is 125 cm³/mol.